The van der Waals surface area contributed by atoms with Crippen LogP contribution in [-0.4, -0.2) is 60.6 Å². The number of aromatic amines is 1. The van der Waals surface area contributed by atoms with Crippen molar-refractivity contribution in [1.82, 2.24) is 15.2 Å². The standard InChI is InChI=1S/C24H23N5O4S/c30-22(12-15-1-4-20-21(11-15)33-10-9-32-20)26-23-17-13-16(2-3-18(17)27-28-23)19-14-34-24(25-19)29-5-7-31-8-6-29/h1-4,11,13-14H,5-10,12H2,(H2,26,27,28,30). The normalized spacial score (nSPS) is 15.5. The Morgan fingerprint density at radius 2 is 1.91 bits per heavy atom. The summed E-state index contributed by atoms with van der Waals surface area (Å²) in [5, 5.41) is 14.1. The van der Waals surface area contributed by atoms with Crippen molar-refractivity contribution in [2.45, 2.75) is 6.42 Å². The minimum Gasteiger partial charge on any atom is -0.486 e. The fourth-order valence-electron chi connectivity index (χ4n) is 4.12. The number of amides is 1. The summed E-state index contributed by atoms with van der Waals surface area (Å²) >= 11 is 1.63. The number of thiazole rings is 1. The molecule has 9 nitrogen and oxygen atoms in total. The van der Waals surface area contributed by atoms with E-state index in [4.69, 9.17) is 19.2 Å². The van der Waals surface area contributed by atoms with E-state index in [9.17, 15) is 4.79 Å². The topological polar surface area (TPSA) is 102 Å². The maximum absolute atomic E-state index is 12.8. The van der Waals surface area contributed by atoms with Crippen molar-refractivity contribution in [3.05, 3.63) is 47.3 Å². The summed E-state index contributed by atoms with van der Waals surface area (Å²) in [6, 6.07) is 11.6. The highest BCUT2D eigenvalue weighted by atomic mass is 32.1. The lowest BCUT2D eigenvalue weighted by Gasteiger charge is -2.26. The Labute approximate surface area is 199 Å². The van der Waals surface area contributed by atoms with Crippen LogP contribution in [0, 0.1) is 0 Å². The Morgan fingerprint density at radius 1 is 1.06 bits per heavy atom. The van der Waals surface area contributed by atoms with Crippen molar-refractivity contribution in [3.8, 4) is 22.8 Å². The summed E-state index contributed by atoms with van der Waals surface area (Å²) in [6.45, 7) is 4.21. The fraction of sp³-hybridized carbons (Fsp3) is 0.292. The maximum atomic E-state index is 12.8. The third-order valence-corrected chi connectivity index (χ3v) is 6.76. The molecule has 2 aromatic carbocycles. The number of morpholine rings is 1. The first kappa shape index (κ1) is 20.9. The van der Waals surface area contributed by atoms with E-state index in [0.29, 0.717) is 30.5 Å². The maximum Gasteiger partial charge on any atom is 0.230 e. The highest BCUT2D eigenvalue weighted by molar-refractivity contribution is 7.14. The van der Waals surface area contributed by atoms with Gasteiger partial charge in [0, 0.05) is 29.4 Å². The van der Waals surface area contributed by atoms with Gasteiger partial charge in [-0.1, -0.05) is 12.1 Å². The van der Waals surface area contributed by atoms with Crippen LogP contribution >= 0.6 is 11.3 Å². The van der Waals surface area contributed by atoms with Gasteiger partial charge in [0.2, 0.25) is 5.91 Å². The van der Waals surface area contributed by atoms with Crippen LogP contribution in [0.25, 0.3) is 22.2 Å². The summed E-state index contributed by atoms with van der Waals surface area (Å²) in [5.41, 5.74) is 3.58. The molecule has 0 bridgehead atoms. The molecule has 2 aliphatic rings. The van der Waals surface area contributed by atoms with Crippen LogP contribution in [0.5, 0.6) is 11.5 Å². The van der Waals surface area contributed by atoms with Crippen LogP contribution in [0.15, 0.2) is 41.8 Å². The number of aromatic nitrogens is 3. The molecule has 1 fully saturated rings. The second-order valence-corrected chi connectivity index (χ2v) is 8.99. The number of H-pyrrole nitrogens is 1. The highest BCUT2D eigenvalue weighted by Gasteiger charge is 2.17. The SMILES string of the molecule is O=C(Cc1ccc2c(c1)OCCO2)Nc1n[nH]c2ccc(-c3csc(N4CCOCC4)n3)cc12. The van der Waals surface area contributed by atoms with Gasteiger partial charge in [-0.05, 0) is 29.8 Å². The lowest BCUT2D eigenvalue weighted by atomic mass is 10.1. The lowest BCUT2D eigenvalue weighted by Crippen LogP contribution is -2.36. The molecule has 1 amide bonds. The average molecular weight is 478 g/mol. The van der Waals surface area contributed by atoms with Gasteiger partial charge in [-0.2, -0.15) is 5.10 Å². The molecule has 1 saturated heterocycles. The van der Waals surface area contributed by atoms with E-state index in [1.807, 2.05) is 36.4 Å². The molecule has 4 aromatic rings. The van der Waals surface area contributed by atoms with Crippen LogP contribution in [0.1, 0.15) is 5.56 Å². The highest BCUT2D eigenvalue weighted by Crippen LogP contribution is 2.32. The van der Waals surface area contributed by atoms with Gasteiger partial charge in [-0.25, -0.2) is 4.98 Å². The zero-order valence-electron chi connectivity index (χ0n) is 18.4. The Morgan fingerprint density at radius 3 is 2.79 bits per heavy atom. The van der Waals surface area contributed by atoms with Crippen molar-refractivity contribution < 1.29 is 19.0 Å². The molecule has 4 heterocycles. The molecule has 10 heteroatoms. The number of carbonyl (C=O) groups excluding carboxylic acids is 1. The molecule has 0 aliphatic carbocycles. The number of carbonyl (C=O) groups is 1. The minimum absolute atomic E-state index is 0.154. The van der Waals surface area contributed by atoms with Crippen molar-refractivity contribution in [1.29, 1.82) is 0 Å². The predicted octanol–water partition coefficient (Wildman–Crippen LogP) is 3.48. The first-order chi connectivity index (χ1) is 16.7. The Kier molecular flexibility index (Phi) is 5.52. The lowest BCUT2D eigenvalue weighted by molar-refractivity contribution is -0.115. The first-order valence-corrected chi connectivity index (χ1v) is 12.1. The van der Waals surface area contributed by atoms with E-state index in [0.717, 1.165) is 59.2 Å². The molecule has 174 valence electrons. The second-order valence-electron chi connectivity index (χ2n) is 8.15. The molecule has 0 radical (unpaired) electrons. The number of nitrogens with one attached hydrogen (secondary N) is 2. The van der Waals surface area contributed by atoms with Crippen molar-refractivity contribution in [3.63, 3.8) is 0 Å². The van der Waals surface area contributed by atoms with Gasteiger partial charge in [0.15, 0.2) is 22.4 Å². The van der Waals surface area contributed by atoms with Crippen LogP contribution in [0.2, 0.25) is 0 Å². The van der Waals surface area contributed by atoms with Gasteiger partial charge in [0.25, 0.3) is 0 Å². The van der Waals surface area contributed by atoms with Crippen LogP contribution in [-0.2, 0) is 16.0 Å². The van der Waals surface area contributed by atoms with E-state index in [-0.39, 0.29) is 12.3 Å². The smallest absolute Gasteiger partial charge is 0.230 e. The van der Waals surface area contributed by atoms with Gasteiger partial charge in [-0.3, -0.25) is 9.89 Å². The Bertz CT molecular complexity index is 1340. The van der Waals surface area contributed by atoms with E-state index in [1.54, 1.807) is 11.3 Å². The van der Waals surface area contributed by atoms with Crippen LogP contribution in [0.3, 0.4) is 0 Å². The molecule has 6 rings (SSSR count). The van der Waals surface area contributed by atoms with Gasteiger partial charge in [0.05, 0.1) is 30.8 Å². The predicted molar refractivity (Wildman–Crippen MR) is 130 cm³/mol. The van der Waals surface area contributed by atoms with E-state index < -0.39 is 0 Å². The molecular formula is C24H23N5O4S. The molecular weight excluding hydrogens is 454 g/mol. The second kappa shape index (κ2) is 8.96. The number of hydrogen-bond acceptors (Lipinski definition) is 8. The van der Waals surface area contributed by atoms with E-state index >= 15 is 0 Å². The number of hydrogen-bond donors (Lipinski definition) is 2. The summed E-state index contributed by atoms with van der Waals surface area (Å²) in [5.74, 6) is 1.73. The fourth-order valence-corrected chi connectivity index (χ4v) is 5.01. The Balaban J connectivity index is 1.19. The molecule has 0 spiro atoms. The van der Waals surface area contributed by atoms with Crippen molar-refractivity contribution >= 4 is 39.1 Å². The number of ether oxygens (including phenoxy) is 3. The average Bonchev–Trinajstić information content (AvgIpc) is 3.52. The quantitative estimate of drug-likeness (QED) is 0.454. The van der Waals surface area contributed by atoms with Gasteiger partial charge in [0.1, 0.15) is 13.2 Å². The third kappa shape index (κ3) is 4.17. The third-order valence-electron chi connectivity index (χ3n) is 5.86. The van der Waals surface area contributed by atoms with Gasteiger partial charge >= 0.3 is 0 Å². The Hall–Kier alpha value is -3.63. The van der Waals surface area contributed by atoms with Gasteiger partial charge < -0.3 is 24.4 Å². The molecule has 34 heavy (non-hydrogen) atoms. The number of fused-ring (bicyclic) bond motifs is 2. The van der Waals surface area contributed by atoms with Crippen molar-refractivity contribution in [2.24, 2.45) is 0 Å². The van der Waals surface area contributed by atoms with Gasteiger partial charge in [-0.15, -0.1) is 11.3 Å². The summed E-state index contributed by atoms with van der Waals surface area (Å²) in [6.07, 6.45) is 0.208. The number of rotatable bonds is 5. The zero-order valence-corrected chi connectivity index (χ0v) is 19.2. The number of benzene rings is 2. The summed E-state index contributed by atoms with van der Waals surface area (Å²) in [7, 11) is 0. The minimum atomic E-state index is -0.154. The molecule has 0 saturated carbocycles. The van der Waals surface area contributed by atoms with E-state index in [2.05, 4.69) is 25.8 Å². The summed E-state index contributed by atoms with van der Waals surface area (Å²) in [4.78, 5) is 19.8. The number of anilines is 2. The molecule has 2 aromatic heterocycles. The largest absolute Gasteiger partial charge is 0.486 e. The first-order valence-electron chi connectivity index (χ1n) is 11.2. The van der Waals surface area contributed by atoms with Crippen LogP contribution < -0.4 is 19.7 Å². The van der Waals surface area contributed by atoms with Crippen LogP contribution in [0.4, 0.5) is 10.9 Å². The molecule has 0 unspecified atom stereocenters. The number of nitrogens with zero attached hydrogens (tertiary/aromatic N) is 3. The monoisotopic (exact) mass is 477 g/mol. The molecule has 0 atom stereocenters. The zero-order chi connectivity index (χ0) is 22.9. The summed E-state index contributed by atoms with van der Waals surface area (Å²) < 4.78 is 16.6. The molecule has 2 aliphatic heterocycles. The van der Waals surface area contributed by atoms with Crippen molar-refractivity contribution in [2.75, 3.05) is 49.7 Å². The van der Waals surface area contributed by atoms with E-state index in [1.165, 1.54) is 0 Å². The molecule has 2 N–H and O–H groups in total.